The quantitative estimate of drug-likeness (QED) is 0.921. The lowest BCUT2D eigenvalue weighted by atomic mass is 10.1. The van der Waals surface area contributed by atoms with Gasteiger partial charge in [0.15, 0.2) is 4.67 Å². The number of rotatable bonds is 5. The molecule has 0 fully saturated rings. The first kappa shape index (κ1) is 12.3. The van der Waals surface area contributed by atoms with Gasteiger partial charge in [0.1, 0.15) is 11.8 Å². The topological polar surface area (TPSA) is 55.9 Å². The van der Waals surface area contributed by atoms with Gasteiger partial charge in [-0.05, 0) is 41.5 Å². The summed E-state index contributed by atoms with van der Waals surface area (Å²) in [6, 6.07) is 3.80. The molecular formula is C11H15BrN4O. The molecule has 0 aliphatic heterocycles. The standard InChI is InChI=1S/C11H15BrN4O/c1-3-6-16-8(7-14-15-16)11(13-2)9-4-5-10(12)17-9/h4-5,7,11,13H,3,6H2,1-2H3. The summed E-state index contributed by atoms with van der Waals surface area (Å²) in [5, 5.41) is 11.3. The van der Waals surface area contributed by atoms with Crippen molar-refractivity contribution in [2.75, 3.05) is 7.05 Å². The number of aryl methyl sites for hydroxylation is 1. The Hall–Kier alpha value is -1.14. The number of nitrogens with zero attached hydrogens (tertiary/aromatic N) is 3. The van der Waals surface area contributed by atoms with Gasteiger partial charge in [-0.25, -0.2) is 4.68 Å². The van der Waals surface area contributed by atoms with Gasteiger partial charge in [-0.2, -0.15) is 0 Å². The van der Waals surface area contributed by atoms with Crippen molar-refractivity contribution in [1.29, 1.82) is 0 Å². The molecule has 1 unspecified atom stereocenters. The Morgan fingerprint density at radius 3 is 2.94 bits per heavy atom. The maximum absolute atomic E-state index is 5.58. The van der Waals surface area contributed by atoms with E-state index in [0.29, 0.717) is 0 Å². The van der Waals surface area contributed by atoms with Gasteiger partial charge in [-0.3, -0.25) is 0 Å². The third kappa shape index (κ3) is 2.58. The minimum absolute atomic E-state index is 0.0251. The molecule has 5 nitrogen and oxygen atoms in total. The molecule has 2 aromatic rings. The Kier molecular flexibility index (Phi) is 3.96. The Morgan fingerprint density at radius 1 is 1.53 bits per heavy atom. The molecule has 0 aromatic carbocycles. The van der Waals surface area contributed by atoms with E-state index in [4.69, 9.17) is 4.42 Å². The lowest BCUT2D eigenvalue weighted by Crippen LogP contribution is -2.21. The summed E-state index contributed by atoms with van der Waals surface area (Å²) >= 11 is 3.31. The SMILES string of the molecule is CCCn1nncc1C(NC)c1ccc(Br)o1. The van der Waals surface area contributed by atoms with Gasteiger partial charge < -0.3 is 9.73 Å². The molecule has 0 spiro atoms. The van der Waals surface area contributed by atoms with Crippen molar-refractivity contribution in [3.8, 4) is 0 Å². The van der Waals surface area contributed by atoms with Crippen LogP contribution in [0, 0.1) is 0 Å². The molecule has 6 heteroatoms. The van der Waals surface area contributed by atoms with E-state index in [1.54, 1.807) is 6.20 Å². The maximum atomic E-state index is 5.58. The van der Waals surface area contributed by atoms with Crippen LogP contribution < -0.4 is 5.32 Å². The Balaban J connectivity index is 2.31. The molecular weight excluding hydrogens is 284 g/mol. The Morgan fingerprint density at radius 2 is 2.35 bits per heavy atom. The molecule has 0 aliphatic rings. The van der Waals surface area contributed by atoms with E-state index in [-0.39, 0.29) is 6.04 Å². The summed E-state index contributed by atoms with van der Waals surface area (Å²) in [4.78, 5) is 0. The van der Waals surface area contributed by atoms with Gasteiger partial charge in [0.05, 0.1) is 11.9 Å². The Labute approximate surface area is 108 Å². The van der Waals surface area contributed by atoms with Crippen LogP contribution in [0.5, 0.6) is 0 Å². The zero-order valence-corrected chi connectivity index (χ0v) is 11.4. The zero-order chi connectivity index (χ0) is 12.3. The molecule has 1 N–H and O–H groups in total. The van der Waals surface area contributed by atoms with Gasteiger partial charge >= 0.3 is 0 Å². The van der Waals surface area contributed by atoms with Crippen molar-refractivity contribution in [3.05, 3.63) is 34.5 Å². The van der Waals surface area contributed by atoms with E-state index in [2.05, 4.69) is 38.5 Å². The van der Waals surface area contributed by atoms with Crippen LogP contribution in [0.15, 0.2) is 27.4 Å². The second kappa shape index (κ2) is 5.46. The van der Waals surface area contributed by atoms with Crippen molar-refractivity contribution >= 4 is 15.9 Å². The maximum Gasteiger partial charge on any atom is 0.169 e. The highest BCUT2D eigenvalue weighted by atomic mass is 79.9. The van der Waals surface area contributed by atoms with Crippen LogP contribution in [0.1, 0.15) is 30.8 Å². The predicted molar refractivity (Wildman–Crippen MR) is 67.6 cm³/mol. The fourth-order valence-electron chi connectivity index (χ4n) is 1.79. The molecule has 2 heterocycles. The number of hydrogen-bond donors (Lipinski definition) is 1. The summed E-state index contributed by atoms with van der Waals surface area (Å²) in [6.07, 6.45) is 2.79. The molecule has 2 rings (SSSR count). The third-order valence-corrected chi connectivity index (χ3v) is 2.97. The third-order valence-electron chi connectivity index (χ3n) is 2.55. The summed E-state index contributed by atoms with van der Waals surface area (Å²) < 4.78 is 8.20. The molecule has 0 amide bonds. The van der Waals surface area contributed by atoms with Crippen molar-refractivity contribution in [3.63, 3.8) is 0 Å². The molecule has 1 atom stereocenters. The van der Waals surface area contributed by atoms with Gasteiger partial charge in [0.2, 0.25) is 0 Å². The van der Waals surface area contributed by atoms with E-state index < -0.39 is 0 Å². The number of nitrogens with one attached hydrogen (secondary N) is 1. The van der Waals surface area contributed by atoms with Crippen LogP contribution in [0.2, 0.25) is 0 Å². The molecule has 0 aliphatic carbocycles. The molecule has 2 aromatic heterocycles. The number of halogens is 1. The number of furan rings is 1. The average molecular weight is 299 g/mol. The normalized spacial score (nSPS) is 12.9. The van der Waals surface area contributed by atoms with E-state index >= 15 is 0 Å². The fraction of sp³-hybridized carbons (Fsp3) is 0.455. The zero-order valence-electron chi connectivity index (χ0n) is 9.85. The summed E-state index contributed by atoms with van der Waals surface area (Å²) in [5.74, 6) is 0.846. The second-order valence-electron chi connectivity index (χ2n) is 3.75. The van der Waals surface area contributed by atoms with Gasteiger partial charge in [-0.15, -0.1) is 5.10 Å². The van der Waals surface area contributed by atoms with Crippen LogP contribution in [0.4, 0.5) is 0 Å². The summed E-state index contributed by atoms with van der Waals surface area (Å²) in [5.41, 5.74) is 1.01. The van der Waals surface area contributed by atoms with Crippen LogP contribution in [-0.2, 0) is 6.54 Å². The first-order chi connectivity index (χ1) is 8.26. The minimum Gasteiger partial charge on any atom is -0.452 e. The number of hydrogen-bond acceptors (Lipinski definition) is 4. The smallest absolute Gasteiger partial charge is 0.169 e. The molecule has 92 valence electrons. The van der Waals surface area contributed by atoms with Crippen molar-refractivity contribution in [1.82, 2.24) is 20.3 Å². The van der Waals surface area contributed by atoms with E-state index in [9.17, 15) is 0 Å². The fourth-order valence-corrected chi connectivity index (χ4v) is 2.11. The molecule has 0 bridgehead atoms. The average Bonchev–Trinajstić information content (AvgIpc) is 2.91. The molecule has 17 heavy (non-hydrogen) atoms. The van der Waals surface area contributed by atoms with Crippen molar-refractivity contribution in [2.24, 2.45) is 0 Å². The van der Waals surface area contributed by atoms with Crippen LogP contribution in [-0.4, -0.2) is 22.0 Å². The largest absolute Gasteiger partial charge is 0.452 e. The van der Waals surface area contributed by atoms with Crippen molar-refractivity contribution in [2.45, 2.75) is 25.9 Å². The first-order valence-corrected chi connectivity index (χ1v) is 6.36. The molecule has 0 saturated heterocycles. The molecule has 0 radical (unpaired) electrons. The van der Waals surface area contributed by atoms with Gasteiger partial charge in [0.25, 0.3) is 0 Å². The van der Waals surface area contributed by atoms with Crippen LogP contribution >= 0.6 is 15.9 Å². The minimum atomic E-state index is -0.0251. The van der Waals surface area contributed by atoms with E-state index in [1.165, 1.54) is 0 Å². The Bertz CT molecular complexity index is 479. The van der Waals surface area contributed by atoms with Crippen molar-refractivity contribution < 1.29 is 4.42 Å². The lowest BCUT2D eigenvalue weighted by molar-refractivity contribution is 0.426. The highest BCUT2D eigenvalue weighted by Gasteiger charge is 2.20. The number of aromatic nitrogens is 3. The second-order valence-corrected chi connectivity index (χ2v) is 4.53. The van der Waals surface area contributed by atoms with Gasteiger partial charge in [-0.1, -0.05) is 12.1 Å². The summed E-state index contributed by atoms with van der Waals surface area (Å²) in [6.45, 7) is 2.97. The first-order valence-electron chi connectivity index (χ1n) is 5.57. The van der Waals surface area contributed by atoms with E-state index in [0.717, 1.165) is 29.1 Å². The van der Waals surface area contributed by atoms with E-state index in [1.807, 2.05) is 23.9 Å². The highest BCUT2D eigenvalue weighted by molar-refractivity contribution is 9.10. The van der Waals surface area contributed by atoms with Gasteiger partial charge in [0, 0.05) is 6.54 Å². The molecule has 0 saturated carbocycles. The van der Waals surface area contributed by atoms with Crippen LogP contribution in [0.3, 0.4) is 0 Å². The lowest BCUT2D eigenvalue weighted by Gasteiger charge is -2.14. The predicted octanol–water partition coefficient (Wildman–Crippen LogP) is 2.35. The van der Waals surface area contributed by atoms with Crippen LogP contribution in [0.25, 0.3) is 0 Å². The summed E-state index contributed by atoms with van der Waals surface area (Å²) in [7, 11) is 1.89. The monoisotopic (exact) mass is 298 g/mol. The highest BCUT2D eigenvalue weighted by Crippen LogP contribution is 2.25.